The van der Waals surface area contributed by atoms with Crippen molar-refractivity contribution in [3.8, 4) is 0 Å². The predicted octanol–water partition coefficient (Wildman–Crippen LogP) is 3.79. The van der Waals surface area contributed by atoms with Crippen LogP contribution in [0, 0.1) is 11.8 Å². The highest BCUT2D eigenvalue weighted by Gasteiger charge is 2.13. The van der Waals surface area contributed by atoms with Gasteiger partial charge in [0.2, 0.25) is 5.91 Å². The average Bonchev–Trinajstić information content (AvgIpc) is 2.66. The Morgan fingerprint density at radius 2 is 1.75 bits per heavy atom. The minimum Gasteiger partial charge on any atom is -0.378 e. The molecule has 0 fully saturated rings. The van der Waals surface area contributed by atoms with E-state index in [-0.39, 0.29) is 17.9 Å². The van der Waals surface area contributed by atoms with Crippen LogP contribution in [0.15, 0.2) is 29.3 Å². The number of carbonyl (C=O) groups excluding carboxylic acids is 1. The Hall–Kier alpha value is -2.08. The van der Waals surface area contributed by atoms with Crippen LogP contribution in [0.4, 0.5) is 5.69 Å². The molecule has 6 heteroatoms. The first-order valence-electron chi connectivity index (χ1n) is 10.4. The summed E-state index contributed by atoms with van der Waals surface area (Å²) >= 11 is 0. The SMILES string of the molecule is CCNC(=NCc1ccc(NC(=O)C(C)C)cc1)NCCC(OCC)C(C)C. The van der Waals surface area contributed by atoms with E-state index >= 15 is 0 Å². The molecule has 1 atom stereocenters. The van der Waals surface area contributed by atoms with Gasteiger partial charge in [0, 0.05) is 31.3 Å². The summed E-state index contributed by atoms with van der Waals surface area (Å²) in [7, 11) is 0. The van der Waals surface area contributed by atoms with Crippen molar-refractivity contribution in [2.75, 3.05) is 25.0 Å². The monoisotopic (exact) mass is 390 g/mol. The molecular formula is C22H38N4O2. The average molecular weight is 391 g/mol. The smallest absolute Gasteiger partial charge is 0.226 e. The van der Waals surface area contributed by atoms with E-state index in [0.717, 1.165) is 43.3 Å². The van der Waals surface area contributed by atoms with Gasteiger partial charge in [0.1, 0.15) is 0 Å². The molecule has 3 N–H and O–H groups in total. The number of amides is 1. The largest absolute Gasteiger partial charge is 0.378 e. The molecule has 0 radical (unpaired) electrons. The number of benzene rings is 1. The van der Waals surface area contributed by atoms with Crippen molar-refractivity contribution in [2.24, 2.45) is 16.8 Å². The second-order valence-electron chi connectivity index (χ2n) is 7.49. The number of carbonyl (C=O) groups is 1. The van der Waals surface area contributed by atoms with Crippen molar-refractivity contribution in [2.45, 2.75) is 60.6 Å². The summed E-state index contributed by atoms with van der Waals surface area (Å²) in [6.45, 7) is 15.2. The molecule has 1 aromatic rings. The maximum atomic E-state index is 11.8. The number of aliphatic imine (C=N–C) groups is 1. The van der Waals surface area contributed by atoms with E-state index in [9.17, 15) is 4.79 Å². The fourth-order valence-electron chi connectivity index (χ4n) is 2.65. The fraction of sp³-hybridized carbons (Fsp3) is 0.636. The molecule has 28 heavy (non-hydrogen) atoms. The normalized spacial score (nSPS) is 12.9. The Morgan fingerprint density at radius 1 is 1.07 bits per heavy atom. The van der Waals surface area contributed by atoms with Crippen LogP contribution >= 0.6 is 0 Å². The second kappa shape index (κ2) is 13.2. The van der Waals surface area contributed by atoms with Gasteiger partial charge in [0.15, 0.2) is 5.96 Å². The van der Waals surface area contributed by atoms with Crippen LogP contribution in [0.3, 0.4) is 0 Å². The Morgan fingerprint density at radius 3 is 2.29 bits per heavy atom. The molecule has 1 aromatic carbocycles. The van der Waals surface area contributed by atoms with Gasteiger partial charge in [-0.05, 0) is 43.9 Å². The Bertz CT molecular complexity index is 597. The van der Waals surface area contributed by atoms with Crippen LogP contribution in [0.1, 0.15) is 53.5 Å². The molecule has 1 rings (SSSR count). The Kier molecular flexibility index (Phi) is 11.3. The van der Waals surface area contributed by atoms with Crippen LogP contribution in [-0.2, 0) is 16.1 Å². The van der Waals surface area contributed by atoms with E-state index in [1.165, 1.54) is 0 Å². The highest BCUT2D eigenvalue weighted by molar-refractivity contribution is 5.92. The summed E-state index contributed by atoms with van der Waals surface area (Å²) in [5.41, 5.74) is 1.90. The third-order valence-corrected chi connectivity index (χ3v) is 4.36. The fourth-order valence-corrected chi connectivity index (χ4v) is 2.65. The second-order valence-corrected chi connectivity index (χ2v) is 7.49. The molecule has 0 bridgehead atoms. The van der Waals surface area contributed by atoms with Gasteiger partial charge < -0.3 is 20.7 Å². The van der Waals surface area contributed by atoms with E-state index < -0.39 is 0 Å². The van der Waals surface area contributed by atoms with E-state index in [0.29, 0.717) is 12.5 Å². The zero-order valence-electron chi connectivity index (χ0n) is 18.3. The van der Waals surface area contributed by atoms with Crippen LogP contribution in [0.5, 0.6) is 0 Å². The number of rotatable bonds is 11. The summed E-state index contributed by atoms with van der Waals surface area (Å²) in [5.74, 6) is 1.29. The van der Waals surface area contributed by atoms with Crippen LogP contribution in [0.2, 0.25) is 0 Å². The number of nitrogens with one attached hydrogen (secondary N) is 3. The lowest BCUT2D eigenvalue weighted by Crippen LogP contribution is -2.39. The predicted molar refractivity (Wildman–Crippen MR) is 118 cm³/mol. The lowest BCUT2D eigenvalue weighted by atomic mass is 10.0. The van der Waals surface area contributed by atoms with Crippen LogP contribution < -0.4 is 16.0 Å². The molecule has 0 heterocycles. The molecular weight excluding hydrogens is 352 g/mol. The van der Waals surface area contributed by atoms with Gasteiger partial charge >= 0.3 is 0 Å². The van der Waals surface area contributed by atoms with Gasteiger partial charge in [0.25, 0.3) is 0 Å². The Balaban J connectivity index is 2.58. The number of hydrogen-bond acceptors (Lipinski definition) is 3. The van der Waals surface area contributed by atoms with Gasteiger partial charge in [-0.25, -0.2) is 4.99 Å². The highest BCUT2D eigenvalue weighted by atomic mass is 16.5. The van der Waals surface area contributed by atoms with Gasteiger partial charge in [0.05, 0.1) is 12.6 Å². The van der Waals surface area contributed by atoms with Gasteiger partial charge in [-0.3, -0.25) is 4.79 Å². The first kappa shape index (κ1) is 24.0. The minimum atomic E-state index is -0.0314. The first-order chi connectivity index (χ1) is 13.4. The van der Waals surface area contributed by atoms with E-state index in [1.54, 1.807) is 0 Å². The number of guanidine groups is 1. The first-order valence-corrected chi connectivity index (χ1v) is 10.4. The molecule has 6 nitrogen and oxygen atoms in total. The van der Waals surface area contributed by atoms with E-state index in [1.807, 2.05) is 45.0 Å². The molecule has 0 spiro atoms. The summed E-state index contributed by atoms with van der Waals surface area (Å²) in [4.78, 5) is 16.4. The number of ether oxygens (including phenoxy) is 1. The standard InChI is InChI=1S/C22H38N4O2/c1-7-23-22(24-14-13-20(16(3)4)28-8-2)25-15-18-9-11-19(12-10-18)26-21(27)17(5)6/h9-12,16-17,20H,7-8,13-15H2,1-6H3,(H,26,27)(H2,23,24,25). The van der Waals surface area contributed by atoms with Crippen molar-refractivity contribution in [3.05, 3.63) is 29.8 Å². The zero-order valence-corrected chi connectivity index (χ0v) is 18.3. The molecule has 0 aliphatic rings. The summed E-state index contributed by atoms with van der Waals surface area (Å²) in [6.07, 6.45) is 1.20. The van der Waals surface area contributed by atoms with Gasteiger partial charge in [-0.15, -0.1) is 0 Å². The zero-order chi connectivity index (χ0) is 20.9. The number of nitrogens with zero attached hydrogens (tertiary/aromatic N) is 1. The van der Waals surface area contributed by atoms with Gasteiger partial charge in [-0.2, -0.15) is 0 Å². The third kappa shape index (κ3) is 9.22. The van der Waals surface area contributed by atoms with Crippen molar-refractivity contribution in [1.82, 2.24) is 10.6 Å². The van der Waals surface area contributed by atoms with Crippen molar-refractivity contribution < 1.29 is 9.53 Å². The maximum Gasteiger partial charge on any atom is 0.226 e. The number of anilines is 1. The lowest BCUT2D eigenvalue weighted by molar-refractivity contribution is -0.118. The molecule has 1 amide bonds. The van der Waals surface area contributed by atoms with Crippen molar-refractivity contribution >= 4 is 17.6 Å². The molecule has 0 saturated heterocycles. The van der Waals surface area contributed by atoms with Gasteiger partial charge in [-0.1, -0.05) is 39.8 Å². The molecule has 158 valence electrons. The maximum absolute atomic E-state index is 11.8. The summed E-state index contributed by atoms with van der Waals surface area (Å²) < 4.78 is 5.80. The van der Waals surface area contributed by atoms with Crippen molar-refractivity contribution in [3.63, 3.8) is 0 Å². The van der Waals surface area contributed by atoms with E-state index in [2.05, 4.69) is 41.7 Å². The summed E-state index contributed by atoms with van der Waals surface area (Å²) in [5, 5.41) is 9.57. The Labute approximate surface area is 170 Å². The summed E-state index contributed by atoms with van der Waals surface area (Å²) in [6, 6.07) is 7.82. The third-order valence-electron chi connectivity index (χ3n) is 4.36. The lowest BCUT2D eigenvalue weighted by Gasteiger charge is -2.21. The minimum absolute atomic E-state index is 0.0242. The van der Waals surface area contributed by atoms with Crippen LogP contribution in [0.25, 0.3) is 0 Å². The molecule has 1 unspecified atom stereocenters. The molecule has 0 aromatic heterocycles. The highest BCUT2D eigenvalue weighted by Crippen LogP contribution is 2.12. The quantitative estimate of drug-likeness (QED) is 0.397. The molecule has 0 aliphatic heterocycles. The molecule has 0 aliphatic carbocycles. The van der Waals surface area contributed by atoms with E-state index in [4.69, 9.17) is 4.74 Å². The topological polar surface area (TPSA) is 74.8 Å². The van der Waals surface area contributed by atoms with Crippen molar-refractivity contribution in [1.29, 1.82) is 0 Å². The molecule has 0 saturated carbocycles. The number of hydrogen-bond donors (Lipinski definition) is 3. The van der Waals surface area contributed by atoms with Crippen LogP contribution in [-0.4, -0.2) is 37.7 Å².